The van der Waals surface area contributed by atoms with Crippen LogP contribution in [-0.4, -0.2) is 37.1 Å². The Balaban J connectivity index is 2.18. The van der Waals surface area contributed by atoms with Crippen molar-refractivity contribution in [2.75, 3.05) is 21.3 Å². The number of methoxy groups -OCH3 is 2. The Morgan fingerprint density at radius 1 is 1.13 bits per heavy atom. The standard InChI is InChI=1S/C18H22N2O3/c1-12-10-19-16(13(2)17(12)23-5)11-20(3)18(21)14-6-8-15(22-4)9-7-14/h6-10H,11H2,1-5H3. The van der Waals surface area contributed by atoms with Crippen LogP contribution in [0.15, 0.2) is 30.5 Å². The van der Waals surface area contributed by atoms with Crippen molar-refractivity contribution in [2.45, 2.75) is 20.4 Å². The molecule has 122 valence electrons. The maximum absolute atomic E-state index is 12.5. The summed E-state index contributed by atoms with van der Waals surface area (Å²) in [6, 6.07) is 7.07. The number of hydrogen-bond donors (Lipinski definition) is 0. The number of pyridine rings is 1. The van der Waals surface area contributed by atoms with Gasteiger partial charge in [0.05, 0.1) is 26.5 Å². The zero-order chi connectivity index (χ0) is 17.0. The number of aryl methyl sites for hydroxylation is 1. The van der Waals surface area contributed by atoms with Crippen LogP contribution < -0.4 is 9.47 Å². The van der Waals surface area contributed by atoms with E-state index in [-0.39, 0.29) is 5.91 Å². The lowest BCUT2D eigenvalue weighted by atomic mass is 10.1. The number of carbonyl (C=O) groups excluding carboxylic acids is 1. The molecule has 1 heterocycles. The van der Waals surface area contributed by atoms with Gasteiger partial charge in [0.1, 0.15) is 11.5 Å². The van der Waals surface area contributed by atoms with Gasteiger partial charge in [-0.2, -0.15) is 0 Å². The number of amides is 1. The molecule has 1 aromatic carbocycles. The zero-order valence-electron chi connectivity index (χ0n) is 14.2. The Morgan fingerprint density at radius 3 is 2.35 bits per heavy atom. The summed E-state index contributed by atoms with van der Waals surface area (Å²) in [7, 11) is 5.01. The first kappa shape index (κ1) is 16.8. The van der Waals surface area contributed by atoms with Gasteiger partial charge in [-0.3, -0.25) is 9.78 Å². The molecule has 0 saturated carbocycles. The minimum Gasteiger partial charge on any atom is -0.497 e. The largest absolute Gasteiger partial charge is 0.497 e. The molecule has 1 amide bonds. The van der Waals surface area contributed by atoms with Crippen LogP contribution in [0.25, 0.3) is 0 Å². The molecule has 0 N–H and O–H groups in total. The van der Waals surface area contributed by atoms with Crippen LogP contribution in [0.1, 0.15) is 27.2 Å². The van der Waals surface area contributed by atoms with Gasteiger partial charge in [-0.25, -0.2) is 0 Å². The zero-order valence-corrected chi connectivity index (χ0v) is 14.2. The fourth-order valence-electron chi connectivity index (χ4n) is 2.48. The summed E-state index contributed by atoms with van der Waals surface area (Å²) < 4.78 is 10.5. The molecule has 0 fully saturated rings. The van der Waals surface area contributed by atoms with Crippen molar-refractivity contribution in [3.05, 3.63) is 52.8 Å². The molecule has 0 radical (unpaired) electrons. The quantitative estimate of drug-likeness (QED) is 0.851. The number of carbonyl (C=O) groups is 1. The van der Waals surface area contributed by atoms with Crippen LogP contribution in [-0.2, 0) is 6.54 Å². The third-order valence-electron chi connectivity index (χ3n) is 3.82. The van der Waals surface area contributed by atoms with E-state index in [9.17, 15) is 4.79 Å². The summed E-state index contributed by atoms with van der Waals surface area (Å²) >= 11 is 0. The summed E-state index contributed by atoms with van der Waals surface area (Å²) in [5.74, 6) is 1.48. The molecule has 0 bridgehead atoms. The van der Waals surface area contributed by atoms with Crippen molar-refractivity contribution in [1.82, 2.24) is 9.88 Å². The van der Waals surface area contributed by atoms with E-state index in [1.807, 2.05) is 13.8 Å². The molecule has 0 unspecified atom stereocenters. The molecule has 0 aliphatic rings. The highest BCUT2D eigenvalue weighted by Crippen LogP contribution is 2.25. The summed E-state index contributed by atoms with van der Waals surface area (Å²) in [6.07, 6.45) is 1.77. The highest BCUT2D eigenvalue weighted by molar-refractivity contribution is 5.94. The van der Waals surface area contributed by atoms with Gasteiger partial charge in [0.15, 0.2) is 0 Å². The minimum atomic E-state index is -0.0617. The van der Waals surface area contributed by atoms with E-state index < -0.39 is 0 Å². The molecule has 0 saturated heterocycles. The van der Waals surface area contributed by atoms with Crippen LogP contribution in [0.2, 0.25) is 0 Å². The number of ether oxygens (including phenoxy) is 2. The van der Waals surface area contributed by atoms with E-state index in [0.717, 1.165) is 28.3 Å². The maximum Gasteiger partial charge on any atom is 0.253 e. The molecule has 23 heavy (non-hydrogen) atoms. The van der Waals surface area contributed by atoms with Crippen molar-refractivity contribution in [2.24, 2.45) is 0 Å². The minimum absolute atomic E-state index is 0.0617. The van der Waals surface area contributed by atoms with Gasteiger partial charge in [0, 0.05) is 29.9 Å². The van der Waals surface area contributed by atoms with Crippen LogP contribution in [0.4, 0.5) is 0 Å². The third-order valence-corrected chi connectivity index (χ3v) is 3.82. The Hall–Kier alpha value is -2.56. The predicted molar refractivity (Wildman–Crippen MR) is 89.1 cm³/mol. The van der Waals surface area contributed by atoms with E-state index >= 15 is 0 Å². The third kappa shape index (κ3) is 3.62. The summed E-state index contributed by atoms with van der Waals surface area (Å²) in [6.45, 7) is 4.34. The molecule has 2 rings (SSSR count). The van der Waals surface area contributed by atoms with Crippen molar-refractivity contribution >= 4 is 5.91 Å². The molecule has 5 nitrogen and oxygen atoms in total. The van der Waals surface area contributed by atoms with Crippen molar-refractivity contribution in [3.63, 3.8) is 0 Å². The van der Waals surface area contributed by atoms with Crippen molar-refractivity contribution in [1.29, 1.82) is 0 Å². The first-order chi connectivity index (χ1) is 11.0. The number of rotatable bonds is 5. The summed E-state index contributed by atoms with van der Waals surface area (Å²) in [5.41, 5.74) is 3.39. The van der Waals surface area contributed by atoms with Gasteiger partial charge in [-0.15, -0.1) is 0 Å². The molecule has 0 spiro atoms. The van der Waals surface area contributed by atoms with Gasteiger partial charge in [-0.05, 0) is 38.1 Å². The highest BCUT2D eigenvalue weighted by Gasteiger charge is 2.16. The average Bonchev–Trinajstić information content (AvgIpc) is 2.57. The molecular formula is C18H22N2O3. The van der Waals surface area contributed by atoms with E-state index in [1.165, 1.54) is 0 Å². The number of nitrogens with zero attached hydrogens (tertiary/aromatic N) is 2. The Morgan fingerprint density at radius 2 is 1.78 bits per heavy atom. The van der Waals surface area contributed by atoms with Gasteiger partial charge >= 0.3 is 0 Å². The lowest BCUT2D eigenvalue weighted by molar-refractivity contribution is 0.0783. The predicted octanol–water partition coefficient (Wildman–Crippen LogP) is 2.99. The second-order valence-electron chi connectivity index (χ2n) is 5.44. The van der Waals surface area contributed by atoms with Crippen molar-refractivity contribution < 1.29 is 14.3 Å². The SMILES string of the molecule is COc1ccc(C(=O)N(C)Cc2ncc(C)c(OC)c2C)cc1. The molecule has 0 aliphatic heterocycles. The summed E-state index contributed by atoms with van der Waals surface area (Å²) in [5, 5.41) is 0. The van der Waals surface area contributed by atoms with E-state index in [4.69, 9.17) is 9.47 Å². The maximum atomic E-state index is 12.5. The Bertz CT molecular complexity index is 696. The van der Waals surface area contributed by atoms with Crippen LogP contribution in [0, 0.1) is 13.8 Å². The second-order valence-corrected chi connectivity index (χ2v) is 5.44. The monoisotopic (exact) mass is 314 g/mol. The Kier molecular flexibility index (Phi) is 5.21. The fraction of sp³-hybridized carbons (Fsp3) is 0.333. The van der Waals surface area contributed by atoms with Crippen LogP contribution in [0.5, 0.6) is 11.5 Å². The molecule has 1 aromatic heterocycles. The number of benzene rings is 1. The highest BCUT2D eigenvalue weighted by atomic mass is 16.5. The van der Waals surface area contributed by atoms with E-state index in [1.54, 1.807) is 56.6 Å². The van der Waals surface area contributed by atoms with Gasteiger partial charge in [0.25, 0.3) is 5.91 Å². The van der Waals surface area contributed by atoms with Crippen LogP contribution >= 0.6 is 0 Å². The lowest BCUT2D eigenvalue weighted by Gasteiger charge is -2.19. The molecular weight excluding hydrogens is 292 g/mol. The first-order valence-corrected chi connectivity index (χ1v) is 7.36. The molecule has 0 aliphatic carbocycles. The molecule has 2 aromatic rings. The van der Waals surface area contributed by atoms with Gasteiger partial charge < -0.3 is 14.4 Å². The van der Waals surface area contributed by atoms with E-state index in [0.29, 0.717) is 12.1 Å². The first-order valence-electron chi connectivity index (χ1n) is 7.36. The Labute approximate surface area is 136 Å². The van der Waals surface area contributed by atoms with Gasteiger partial charge in [-0.1, -0.05) is 0 Å². The smallest absolute Gasteiger partial charge is 0.253 e. The molecule has 5 heteroatoms. The lowest BCUT2D eigenvalue weighted by Crippen LogP contribution is -2.27. The number of hydrogen-bond acceptors (Lipinski definition) is 4. The second kappa shape index (κ2) is 7.13. The summed E-state index contributed by atoms with van der Waals surface area (Å²) in [4.78, 5) is 18.6. The van der Waals surface area contributed by atoms with E-state index in [2.05, 4.69) is 4.98 Å². The molecule has 0 atom stereocenters. The van der Waals surface area contributed by atoms with Crippen molar-refractivity contribution in [3.8, 4) is 11.5 Å². The average molecular weight is 314 g/mol. The van der Waals surface area contributed by atoms with Crippen LogP contribution in [0.3, 0.4) is 0 Å². The normalized spacial score (nSPS) is 10.3. The van der Waals surface area contributed by atoms with Gasteiger partial charge in [0.2, 0.25) is 0 Å². The number of aromatic nitrogens is 1. The fourth-order valence-corrected chi connectivity index (χ4v) is 2.48. The topological polar surface area (TPSA) is 51.7 Å².